The number of hydrogen-bond acceptors (Lipinski definition) is 4. The predicted octanol–water partition coefficient (Wildman–Crippen LogP) is 2.38. The monoisotopic (exact) mass is 352 g/mol. The molecule has 2 heterocycles. The Hall–Kier alpha value is -2.89. The summed E-state index contributed by atoms with van der Waals surface area (Å²) in [5.41, 5.74) is 2.90. The molecule has 6 nitrogen and oxygen atoms in total. The molecule has 2 aromatic rings. The molecule has 3 rings (SSSR count). The third-order valence-corrected chi connectivity index (χ3v) is 4.42. The van der Waals surface area contributed by atoms with Gasteiger partial charge in [0.25, 0.3) is 0 Å². The fourth-order valence-electron chi connectivity index (χ4n) is 3.23. The van der Waals surface area contributed by atoms with Crippen LogP contribution in [0.5, 0.6) is 0 Å². The van der Waals surface area contributed by atoms with Gasteiger partial charge in [-0.15, -0.1) is 0 Å². The Morgan fingerprint density at radius 3 is 2.35 bits per heavy atom. The summed E-state index contributed by atoms with van der Waals surface area (Å²) in [6.45, 7) is 6.62. The van der Waals surface area contributed by atoms with E-state index in [9.17, 15) is 9.59 Å². The van der Waals surface area contributed by atoms with Crippen molar-refractivity contribution in [2.24, 2.45) is 0 Å². The summed E-state index contributed by atoms with van der Waals surface area (Å²) in [4.78, 5) is 32.8. The molecule has 1 aromatic heterocycles. The summed E-state index contributed by atoms with van der Waals surface area (Å²) >= 11 is 0. The Morgan fingerprint density at radius 1 is 1.04 bits per heavy atom. The maximum atomic E-state index is 12.4. The van der Waals surface area contributed by atoms with Crippen LogP contribution in [-0.4, -0.2) is 47.9 Å². The average molecular weight is 352 g/mol. The van der Waals surface area contributed by atoms with Crippen LogP contribution in [-0.2, 0) is 9.59 Å². The number of amides is 2. The van der Waals surface area contributed by atoms with Gasteiger partial charge in [0.2, 0.25) is 11.8 Å². The number of aromatic nitrogens is 1. The lowest BCUT2D eigenvalue weighted by Gasteiger charge is -2.35. The topological polar surface area (TPSA) is 65.5 Å². The lowest BCUT2D eigenvalue weighted by molar-refractivity contribution is -0.134. The first-order valence-corrected chi connectivity index (χ1v) is 8.83. The number of carbonyl (C=O) groups excluding carboxylic acids is 2. The minimum atomic E-state index is -0.271. The van der Waals surface area contributed by atoms with Crippen LogP contribution >= 0.6 is 0 Å². The molecule has 0 atom stereocenters. The van der Waals surface area contributed by atoms with E-state index in [4.69, 9.17) is 0 Å². The molecule has 1 aliphatic rings. The predicted molar refractivity (Wildman–Crippen MR) is 102 cm³/mol. The quantitative estimate of drug-likeness (QED) is 0.858. The molecule has 2 amide bonds. The van der Waals surface area contributed by atoms with Crippen molar-refractivity contribution in [2.45, 2.75) is 20.3 Å². The minimum Gasteiger partial charge on any atom is -0.353 e. The van der Waals surface area contributed by atoms with Gasteiger partial charge in [-0.25, -0.2) is 4.98 Å². The highest BCUT2D eigenvalue weighted by atomic mass is 16.2. The fraction of sp³-hybridized carbons (Fsp3) is 0.350. The second-order valence-electron chi connectivity index (χ2n) is 6.66. The molecule has 6 heteroatoms. The first-order chi connectivity index (χ1) is 12.5. The number of rotatable bonds is 4. The summed E-state index contributed by atoms with van der Waals surface area (Å²) in [6.07, 6.45) is 1.64. The van der Waals surface area contributed by atoms with Gasteiger partial charge < -0.3 is 15.1 Å². The van der Waals surface area contributed by atoms with E-state index < -0.39 is 0 Å². The molecule has 26 heavy (non-hydrogen) atoms. The smallest absolute Gasteiger partial charge is 0.233 e. The number of pyridine rings is 1. The van der Waals surface area contributed by atoms with Crippen molar-refractivity contribution in [3.63, 3.8) is 0 Å². The van der Waals surface area contributed by atoms with Gasteiger partial charge in [0, 0.05) is 38.1 Å². The molecular weight excluding hydrogens is 328 g/mol. The zero-order valence-electron chi connectivity index (χ0n) is 15.2. The minimum absolute atomic E-state index is 0.128. The Kier molecular flexibility index (Phi) is 5.51. The van der Waals surface area contributed by atoms with Gasteiger partial charge in [0.05, 0.1) is 0 Å². The highest BCUT2D eigenvalue weighted by Gasteiger charge is 2.23. The van der Waals surface area contributed by atoms with Crippen LogP contribution in [0, 0.1) is 13.8 Å². The second kappa shape index (κ2) is 7.99. The number of piperazine rings is 1. The SMILES string of the molecule is Cc1cc(C)cc(NC(=O)CC(=O)N2CCN(c3ccccn3)CC2)c1. The molecule has 1 aliphatic heterocycles. The van der Waals surface area contributed by atoms with E-state index >= 15 is 0 Å². The third-order valence-electron chi connectivity index (χ3n) is 4.42. The number of aryl methyl sites for hydroxylation is 2. The Labute approximate surface area is 153 Å². The Morgan fingerprint density at radius 2 is 1.73 bits per heavy atom. The summed E-state index contributed by atoms with van der Waals surface area (Å²) in [5.74, 6) is 0.520. The molecule has 0 spiro atoms. The Balaban J connectivity index is 1.50. The van der Waals surface area contributed by atoms with Crippen molar-refractivity contribution in [1.29, 1.82) is 0 Å². The number of carbonyl (C=O) groups is 2. The molecule has 0 radical (unpaired) electrons. The molecule has 1 saturated heterocycles. The second-order valence-corrected chi connectivity index (χ2v) is 6.66. The lowest BCUT2D eigenvalue weighted by atomic mass is 10.1. The van der Waals surface area contributed by atoms with Gasteiger partial charge in [-0.2, -0.15) is 0 Å². The maximum absolute atomic E-state index is 12.4. The number of hydrogen-bond donors (Lipinski definition) is 1. The van der Waals surface area contributed by atoms with Crippen molar-refractivity contribution in [2.75, 3.05) is 36.4 Å². The molecule has 0 unspecified atom stereocenters. The fourth-order valence-corrected chi connectivity index (χ4v) is 3.23. The molecule has 136 valence electrons. The zero-order chi connectivity index (χ0) is 18.5. The van der Waals surface area contributed by atoms with Crippen LogP contribution in [0.15, 0.2) is 42.6 Å². The first-order valence-electron chi connectivity index (χ1n) is 8.83. The first kappa shape index (κ1) is 17.9. The molecule has 0 bridgehead atoms. The van der Waals surface area contributed by atoms with E-state index in [-0.39, 0.29) is 18.2 Å². The lowest BCUT2D eigenvalue weighted by Crippen LogP contribution is -2.49. The maximum Gasteiger partial charge on any atom is 0.233 e. The van der Waals surface area contributed by atoms with Crippen LogP contribution in [0.2, 0.25) is 0 Å². The highest BCUT2D eigenvalue weighted by molar-refractivity contribution is 6.03. The summed E-state index contributed by atoms with van der Waals surface area (Å²) in [5, 5.41) is 2.82. The summed E-state index contributed by atoms with van der Waals surface area (Å²) in [7, 11) is 0. The van der Waals surface area contributed by atoms with E-state index in [1.54, 1.807) is 11.1 Å². The zero-order valence-corrected chi connectivity index (χ0v) is 15.2. The van der Waals surface area contributed by atoms with E-state index in [1.165, 1.54) is 0 Å². The number of nitrogens with one attached hydrogen (secondary N) is 1. The number of benzene rings is 1. The van der Waals surface area contributed by atoms with E-state index in [2.05, 4.69) is 15.2 Å². The number of nitrogens with zero attached hydrogens (tertiary/aromatic N) is 3. The molecule has 0 saturated carbocycles. The van der Waals surface area contributed by atoms with Crippen molar-refractivity contribution < 1.29 is 9.59 Å². The summed E-state index contributed by atoms with van der Waals surface area (Å²) < 4.78 is 0. The van der Waals surface area contributed by atoms with Crippen LogP contribution in [0.3, 0.4) is 0 Å². The van der Waals surface area contributed by atoms with E-state index in [0.717, 1.165) is 35.7 Å². The molecule has 1 aromatic carbocycles. The van der Waals surface area contributed by atoms with Crippen LogP contribution in [0.25, 0.3) is 0 Å². The standard InChI is InChI=1S/C20H24N4O2/c1-15-11-16(2)13-17(12-15)22-19(25)14-20(26)24-9-7-23(8-10-24)18-5-3-4-6-21-18/h3-6,11-13H,7-10,14H2,1-2H3,(H,22,25). The van der Waals surface area contributed by atoms with Crippen molar-refractivity contribution in [3.8, 4) is 0 Å². The van der Waals surface area contributed by atoms with E-state index in [1.807, 2.05) is 50.2 Å². The average Bonchev–Trinajstić information content (AvgIpc) is 2.61. The Bertz CT molecular complexity index is 763. The van der Waals surface area contributed by atoms with Gasteiger partial charge in [0.1, 0.15) is 12.2 Å². The molecular formula is C20H24N4O2. The molecule has 1 fully saturated rings. The van der Waals surface area contributed by atoms with Gasteiger partial charge in [-0.3, -0.25) is 9.59 Å². The molecule has 0 aliphatic carbocycles. The third kappa shape index (κ3) is 4.59. The molecule has 1 N–H and O–H groups in total. The van der Waals surface area contributed by atoms with Crippen LogP contribution in [0.1, 0.15) is 17.5 Å². The normalized spacial score (nSPS) is 14.2. The van der Waals surface area contributed by atoms with Crippen molar-refractivity contribution >= 4 is 23.3 Å². The van der Waals surface area contributed by atoms with Crippen LogP contribution < -0.4 is 10.2 Å². The van der Waals surface area contributed by atoms with Gasteiger partial charge in [-0.05, 0) is 49.2 Å². The van der Waals surface area contributed by atoms with Crippen LogP contribution in [0.4, 0.5) is 11.5 Å². The largest absolute Gasteiger partial charge is 0.353 e. The van der Waals surface area contributed by atoms with Gasteiger partial charge in [0.15, 0.2) is 0 Å². The van der Waals surface area contributed by atoms with Crippen molar-refractivity contribution in [1.82, 2.24) is 9.88 Å². The van der Waals surface area contributed by atoms with Gasteiger partial charge in [-0.1, -0.05) is 12.1 Å². The summed E-state index contributed by atoms with van der Waals surface area (Å²) in [6, 6.07) is 11.7. The van der Waals surface area contributed by atoms with E-state index in [0.29, 0.717) is 13.1 Å². The van der Waals surface area contributed by atoms with Gasteiger partial charge >= 0.3 is 0 Å². The highest BCUT2D eigenvalue weighted by Crippen LogP contribution is 2.15. The van der Waals surface area contributed by atoms with Crippen molar-refractivity contribution in [3.05, 3.63) is 53.7 Å². The number of anilines is 2.